The van der Waals surface area contributed by atoms with Gasteiger partial charge in [0.05, 0.1) is 5.56 Å². The molecule has 7 nitrogen and oxygen atoms in total. The van der Waals surface area contributed by atoms with Crippen LogP contribution in [0.25, 0.3) is 101 Å². The van der Waals surface area contributed by atoms with Gasteiger partial charge in [0.1, 0.15) is 11.2 Å². The zero-order valence-corrected chi connectivity index (χ0v) is 29.4. The molecule has 0 bridgehead atoms. The number of aromatic nitrogens is 6. The minimum atomic E-state index is 0.475. The van der Waals surface area contributed by atoms with Gasteiger partial charge >= 0.3 is 0 Å². The molecule has 0 atom stereocenters. The number of benzene rings is 7. The fourth-order valence-corrected chi connectivity index (χ4v) is 6.85. The van der Waals surface area contributed by atoms with E-state index in [0.717, 1.165) is 55.3 Å². The van der Waals surface area contributed by atoms with E-state index >= 15 is 0 Å². The molecule has 0 amide bonds. The minimum Gasteiger partial charge on any atom is -0.455 e. The molecule has 0 saturated carbocycles. The molecule has 3 aromatic heterocycles. The number of fused-ring (bicyclic) bond motifs is 3. The van der Waals surface area contributed by atoms with E-state index in [1.54, 1.807) is 0 Å². The molecule has 7 heteroatoms. The van der Waals surface area contributed by atoms with Crippen LogP contribution < -0.4 is 0 Å². The maximum Gasteiger partial charge on any atom is 0.167 e. The number of furan rings is 1. The van der Waals surface area contributed by atoms with E-state index in [4.69, 9.17) is 34.3 Å². The van der Waals surface area contributed by atoms with Crippen molar-refractivity contribution in [3.63, 3.8) is 0 Å². The lowest BCUT2D eigenvalue weighted by molar-refractivity contribution is 0.669. The quantitative estimate of drug-likeness (QED) is 0.163. The first-order chi connectivity index (χ1) is 27.2. The summed E-state index contributed by atoms with van der Waals surface area (Å²) in [6.07, 6.45) is 0. The van der Waals surface area contributed by atoms with Crippen molar-refractivity contribution in [3.05, 3.63) is 182 Å². The second-order valence-corrected chi connectivity index (χ2v) is 13.2. The molecular weight excluding hydrogens is 677 g/mol. The van der Waals surface area contributed by atoms with Gasteiger partial charge < -0.3 is 4.42 Å². The number of hydrogen-bond donors (Lipinski definition) is 0. The Balaban J connectivity index is 1.26. The van der Waals surface area contributed by atoms with Gasteiger partial charge in [0.2, 0.25) is 0 Å². The Kier molecular flexibility index (Phi) is 8.00. The molecule has 258 valence electrons. The molecular formula is C48H30N6O. The number of hydrogen-bond acceptors (Lipinski definition) is 7. The predicted octanol–water partition coefficient (Wildman–Crippen LogP) is 11.6. The smallest absolute Gasteiger partial charge is 0.167 e. The summed E-state index contributed by atoms with van der Waals surface area (Å²) >= 11 is 0. The molecule has 0 unspecified atom stereocenters. The van der Waals surface area contributed by atoms with E-state index in [0.29, 0.717) is 46.1 Å². The van der Waals surface area contributed by atoms with Crippen LogP contribution >= 0.6 is 0 Å². The average molecular weight is 707 g/mol. The largest absolute Gasteiger partial charge is 0.455 e. The normalized spacial score (nSPS) is 11.3. The maximum atomic E-state index is 6.81. The van der Waals surface area contributed by atoms with Crippen LogP contribution in [0.2, 0.25) is 0 Å². The van der Waals surface area contributed by atoms with Crippen LogP contribution in [0, 0.1) is 0 Å². The van der Waals surface area contributed by atoms with Gasteiger partial charge in [-0.1, -0.05) is 158 Å². The Morgan fingerprint density at radius 3 is 1.09 bits per heavy atom. The van der Waals surface area contributed by atoms with Crippen molar-refractivity contribution in [2.75, 3.05) is 0 Å². The topological polar surface area (TPSA) is 90.5 Å². The van der Waals surface area contributed by atoms with E-state index in [-0.39, 0.29) is 0 Å². The van der Waals surface area contributed by atoms with Crippen LogP contribution in [0.15, 0.2) is 186 Å². The summed E-state index contributed by atoms with van der Waals surface area (Å²) in [5.41, 5.74) is 8.60. The van der Waals surface area contributed by atoms with Gasteiger partial charge in [-0.05, 0) is 35.4 Å². The highest BCUT2D eigenvalue weighted by Gasteiger charge is 2.22. The van der Waals surface area contributed by atoms with E-state index in [1.165, 1.54) is 0 Å². The molecule has 55 heavy (non-hydrogen) atoms. The van der Waals surface area contributed by atoms with Gasteiger partial charge in [-0.3, -0.25) is 0 Å². The summed E-state index contributed by atoms with van der Waals surface area (Å²) in [5, 5.41) is 1.85. The Morgan fingerprint density at radius 2 is 0.655 bits per heavy atom. The second kappa shape index (κ2) is 13.7. The highest BCUT2D eigenvalue weighted by Crippen LogP contribution is 2.40. The Hall–Kier alpha value is -7.64. The lowest BCUT2D eigenvalue weighted by atomic mass is 10.0. The van der Waals surface area contributed by atoms with Crippen molar-refractivity contribution in [2.45, 2.75) is 0 Å². The second-order valence-electron chi connectivity index (χ2n) is 13.2. The van der Waals surface area contributed by atoms with Crippen LogP contribution in [0.3, 0.4) is 0 Å². The molecule has 0 aliphatic rings. The third-order valence-corrected chi connectivity index (χ3v) is 9.58. The third-order valence-electron chi connectivity index (χ3n) is 9.58. The first-order valence-corrected chi connectivity index (χ1v) is 18.0. The fourth-order valence-electron chi connectivity index (χ4n) is 6.85. The molecule has 7 aromatic carbocycles. The lowest BCUT2D eigenvalue weighted by Crippen LogP contribution is -2.02. The highest BCUT2D eigenvalue weighted by atomic mass is 16.3. The Labute approximate surface area is 316 Å². The van der Waals surface area contributed by atoms with Gasteiger partial charge in [-0.25, -0.2) is 29.9 Å². The maximum absolute atomic E-state index is 6.81. The van der Waals surface area contributed by atoms with E-state index < -0.39 is 0 Å². The zero-order chi connectivity index (χ0) is 36.6. The van der Waals surface area contributed by atoms with E-state index in [9.17, 15) is 0 Å². The number of rotatable bonds is 7. The van der Waals surface area contributed by atoms with Crippen molar-refractivity contribution in [3.8, 4) is 79.5 Å². The molecule has 0 aliphatic heterocycles. The molecule has 0 aliphatic carbocycles. The minimum absolute atomic E-state index is 0.475. The lowest BCUT2D eigenvalue weighted by Gasteiger charge is -2.11. The summed E-state index contributed by atoms with van der Waals surface area (Å²) in [7, 11) is 0. The summed E-state index contributed by atoms with van der Waals surface area (Å²) in [6.45, 7) is 0. The van der Waals surface area contributed by atoms with Gasteiger partial charge in [0.15, 0.2) is 34.9 Å². The molecule has 10 aromatic rings. The first-order valence-electron chi connectivity index (χ1n) is 18.0. The van der Waals surface area contributed by atoms with E-state index in [2.05, 4.69) is 36.4 Å². The van der Waals surface area contributed by atoms with Gasteiger partial charge in [0.25, 0.3) is 0 Å². The predicted molar refractivity (Wildman–Crippen MR) is 219 cm³/mol. The zero-order valence-electron chi connectivity index (χ0n) is 29.4. The van der Waals surface area contributed by atoms with Crippen LogP contribution in [0.4, 0.5) is 0 Å². The molecule has 3 heterocycles. The molecule has 0 N–H and O–H groups in total. The van der Waals surface area contributed by atoms with Crippen LogP contribution in [-0.4, -0.2) is 29.9 Å². The molecule has 0 spiro atoms. The molecule has 0 radical (unpaired) electrons. The Morgan fingerprint density at radius 1 is 0.273 bits per heavy atom. The average Bonchev–Trinajstić information content (AvgIpc) is 3.65. The Bertz CT molecular complexity index is 2840. The summed E-state index contributed by atoms with van der Waals surface area (Å²) in [5.74, 6) is 3.27. The first kappa shape index (κ1) is 32.0. The summed E-state index contributed by atoms with van der Waals surface area (Å²) in [4.78, 5) is 30.3. The SMILES string of the molecule is c1ccc(-c2ccc3c(c2)oc2c(-c4nc(-c5ccccc5)nc(-c5ccccc5)n4)cc(-c4nc(-c5ccccc5)nc(-c5ccccc5)n4)cc23)cc1. The third kappa shape index (κ3) is 6.19. The standard InChI is InChI=1S/C48H30N6O/c1-6-16-31(17-7-1)36-26-27-38-39-28-37(47-51-43(32-18-8-2-9-19-32)49-44(52-47)33-20-10-3-11-21-33)29-40(42(39)55-41(38)30-36)48-53-45(34-22-12-4-13-23-34)50-46(54-48)35-24-14-5-15-25-35/h1-30H. The van der Waals surface area contributed by atoms with Gasteiger partial charge in [-0.2, -0.15) is 0 Å². The summed E-state index contributed by atoms with van der Waals surface area (Å²) < 4.78 is 6.81. The van der Waals surface area contributed by atoms with Gasteiger partial charge in [0, 0.05) is 38.6 Å². The van der Waals surface area contributed by atoms with Gasteiger partial charge in [-0.15, -0.1) is 0 Å². The summed E-state index contributed by atoms with van der Waals surface area (Å²) in [6, 6.07) is 60.7. The van der Waals surface area contributed by atoms with Crippen LogP contribution in [0.1, 0.15) is 0 Å². The highest BCUT2D eigenvalue weighted by molar-refractivity contribution is 6.11. The fraction of sp³-hybridized carbons (Fsp3) is 0. The van der Waals surface area contributed by atoms with E-state index in [1.807, 2.05) is 146 Å². The van der Waals surface area contributed by atoms with Crippen molar-refractivity contribution >= 4 is 21.9 Å². The van der Waals surface area contributed by atoms with Crippen LogP contribution in [-0.2, 0) is 0 Å². The monoisotopic (exact) mass is 706 g/mol. The number of nitrogens with zero attached hydrogens (tertiary/aromatic N) is 6. The van der Waals surface area contributed by atoms with Crippen molar-refractivity contribution in [2.24, 2.45) is 0 Å². The molecule has 0 fully saturated rings. The van der Waals surface area contributed by atoms with Crippen molar-refractivity contribution < 1.29 is 4.42 Å². The van der Waals surface area contributed by atoms with Crippen LogP contribution in [0.5, 0.6) is 0 Å². The van der Waals surface area contributed by atoms with Crippen molar-refractivity contribution in [1.29, 1.82) is 0 Å². The molecule has 10 rings (SSSR count). The van der Waals surface area contributed by atoms with Crippen molar-refractivity contribution in [1.82, 2.24) is 29.9 Å². The molecule has 0 saturated heterocycles.